The van der Waals surface area contributed by atoms with Gasteiger partial charge in [0, 0.05) is 16.9 Å². The Hall–Kier alpha value is -2.41. The Bertz CT molecular complexity index is 785. The standard InChI is InChI=1S/C16H17N3O3S/c1-4-13(20)18-16-19-14(9(3)23-16)10-5-6-12-11(7-10)17-15(21)8(2)22-12/h5-8H,4H2,1-3H3,(H,17,21)(H,18,19,20). The summed E-state index contributed by atoms with van der Waals surface area (Å²) in [6, 6.07) is 5.56. The van der Waals surface area contributed by atoms with E-state index in [1.807, 2.05) is 25.1 Å². The van der Waals surface area contributed by atoms with Crippen LogP contribution in [0.1, 0.15) is 25.1 Å². The van der Waals surface area contributed by atoms with Gasteiger partial charge >= 0.3 is 0 Å². The van der Waals surface area contributed by atoms with E-state index in [-0.39, 0.29) is 11.8 Å². The van der Waals surface area contributed by atoms with Crippen LogP contribution in [0.15, 0.2) is 18.2 Å². The lowest BCUT2D eigenvalue weighted by Gasteiger charge is -2.23. The molecular formula is C16H17N3O3S. The van der Waals surface area contributed by atoms with E-state index in [0.717, 1.165) is 16.1 Å². The molecule has 23 heavy (non-hydrogen) atoms. The number of amides is 2. The summed E-state index contributed by atoms with van der Waals surface area (Å²) in [6.45, 7) is 5.45. The van der Waals surface area contributed by atoms with Crippen molar-refractivity contribution in [1.82, 2.24) is 4.98 Å². The normalized spacial score (nSPS) is 16.3. The second kappa shape index (κ2) is 6.00. The van der Waals surface area contributed by atoms with Gasteiger partial charge in [-0.3, -0.25) is 9.59 Å². The second-order valence-electron chi connectivity index (χ2n) is 5.29. The molecule has 1 aliphatic rings. The molecule has 1 aliphatic heterocycles. The van der Waals surface area contributed by atoms with Crippen LogP contribution < -0.4 is 15.4 Å². The minimum absolute atomic E-state index is 0.0645. The summed E-state index contributed by atoms with van der Waals surface area (Å²) in [6.07, 6.45) is -0.0841. The molecule has 7 heteroatoms. The first-order chi connectivity index (χ1) is 11.0. The number of benzene rings is 1. The molecule has 120 valence electrons. The van der Waals surface area contributed by atoms with Crippen molar-refractivity contribution in [3.8, 4) is 17.0 Å². The zero-order valence-corrected chi connectivity index (χ0v) is 13.9. The highest BCUT2D eigenvalue weighted by molar-refractivity contribution is 7.16. The zero-order chi connectivity index (χ0) is 16.6. The van der Waals surface area contributed by atoms with Crippen molar-refractivity contribution in [3.05, 3.63) is 23.1 Å². The molecule has 0 spiro atoms. The summed E-state index contributed by atoms with van der Waals surface area (Å²) in [4.78, 5) is 28.7. The number of aromatic nitrogens is 1. The summed E-state index contributed by atoms with van der Waals surface area (Å²) in [5.74, 6) is 0.416. The lowest BCUT2D eigenvalue weighted by molar-refractivity contribution is -0.122. The quantitative estimate of drug-likeness (QED) is 0.905. The molecule has 1 aromatic heterocycles. The highest BCUT2D eigenvalue weighted by Crippen LogP contribution is 2.36. The molecule has 1 atom stereocenters. The molecular weight excluding hydrogens is 314 g/mol. The molecule has 0 bridgehead atoms. The average molecular weight is 331 g/mol. The van der Waals surface area contributed by atoms with Crippen LogP contribution in [0.25, 0.3) is 11.3 Å². The first-order valence-electron chi connectivity index (χ1n) is 7.37. The van der Waals surface area contributed by atoms with Gasteiger partial charge in [-0.2, -0.15) is 0 Å². The number of hydrogen-bond donors (Lipinski definition) is 2. The van der Waals surface area contributed by atoms with E-state index in [1.165, 1.54) is 11.3 Å². The molecule has 0 saturated carbocycles. The predicted octanol–water partition coefficient (Wildman–Crippen LogP) is 3.19. The van der Waals surface area contributed by atoms with E-state index in [1.54, 1.807) is 13.8 Å². The molecule has 2 aromatic rings. The smallest absolute Gasteiger partial charge is 0.265 e. The number of rotatable bonds is 3. The van der Waals surface area contributed by atoms with Crippen molar-refractivity contribution in [2.45, 2.75) is 33.3 Å². The van der Waals surface area contributed by atoms with Crippen LogP contribution >= 0.6 is 11.3 Å². The number of aryl methyl sites for hydroxylation is 1. The summed E-state index contributed by atoms with van der Waals surface area (Å²) >= 11 is 1.43. The van der Waals surface area contributed by atoms with Crippen molar-refractivity contribution in [1.29, 1.82) is 0 Å². The minimum Gasteiger partial charge on any atom is -0.479 e. The Labute approximate surface area is 137 Å². The number of thiazole rings is 1. The number of anilines is 2. The largest absolute Gasteiger partial charge is 0.479 e. The zero-order valence-electron chi connectivity index (χ0n) is 13.1. The maximum atomic E-state index is 11.7. The highest BCUT2D eigenvalue weighted by Gasteiger charge is 2.24. The van der Waals surface area contributed by atoms with Gasteiger partial charge < -0.3 is 15.4 Å². The van der Waals surface area contributed by atoms with Gasteiger partial charge in [-0.1, -0.05) is 6.92 Å². The van der Waals surface area contributed by atoms with Gasteiger partial charge in [0.1, 0.15) is 5.75 Å². The number of ether oxygens (including phenoxy) is 1. The Kier molecular flexibility index (Phi) is 4.04. The minimum atomic E-state index is -0.495. The number of carbonyl (C=O) groups is 2. The van der Waals surface area contributed by atoms with E-state index in [0.29, 0.717) is 23.0 Å². The van der Waals surface area contributed by atoms with Gasteiger partial charge in [-0.25, -0.2) is 4.98 Å². The van der Waals surface area contributed by atoms with Crippen LogP contribution in [-0.2, 0) is 9.59 Å². The number of nitrogens with zero attached hydrogens (tertiary/aromatic N) is 1. The van der Waals surface area contributed by atoms with Crippen molar-refractivity contribution in [3.63, 3.8) is 0 Å². The van der Waals surface area contributed by atoms with Crippen molar-refractivity contribution < 1.29 is 14.3 Å². The molecule has 2 amide bonds. The van der Waals surface area contributed by atoms with E-state index in [2.05, 4.69) is 15.6 Å². The maximum Gasteiger partial charge on any atom is 0.265 e. The third-order valence-corrected chi connectivity index (χ3v) is 4.43. The third kappa shape index (κ3) is 3.05. The number of hydrogen-bond acceptors (Lipinski definition) is 5. The van der Waals surface area contributed by atoms with Crippen molar-refractivity contribution in [2.75, 3.05) is 10.6 Å². The first kappa shape index (κ1) is 15.5. The van der Waals surface area contributed by atoms with E-state index in [9.17, 15) is 9.59 Å². The summed E-state index contributed by atoms with van der Waals surface area (Å²) < 4.78 is 5.55. The molecule has 3 rings (SSSR count). The van der Waals surface area contributed by atoms with Crippen LogP contribution in [0, 0.1) is 6.92 Å². The van der Waals surface area contributed by atoms with Gasteiger partial charge in [0.15, 0.2) is 11.2 Å². The van der Waals surface area contributed by atoms with Gasteiger partial charge in [-0.05, 0) is 32.0 Å². The second-order valence-corrected chi connectivity index (χ2v) is 6.49. The van der Waals surface area contributed by atoms with Crippen LogP contribution in [0.2, 0.25) is 0 Å². The van der Waals surface area contributed by atoms with Crippen LogP contribution in [0.5, 0.6) is 5.75 Å². The lowest BCUT2D eigenvalue weighted by atomic mass is 10.1. The molecule has 1 aromatic carbocycles. The Morgan fingerprint density at radius 2 is 2.26 bits per heavy atom. The van der Waals surface area contributed by atoms with E-state index in [4.69, 9.17) is 4.74 Å². The molecule has 2 N–H and O–H groups in total. The Morgan fingerprint density at radius 1 is 1.48 bits per heavy atom. The monoisotopic (exact) mass is 331 g/mol. The van der Waals surface area contributed by atoms with Gasteiger partial charge in [0.25, 0.3) is 5.91 Å². The average Bonchev–Trinajstić information content (AvgIpc) is 2.88. The number of nitrogens with one attached hydrogen (secondary N) is 2. The SMILES string of the molecule is CCC(=O)Nc1nc(-c2ccc3c(c2)NC(=O)C(C)O3)c(C)s1. The molecule has 0 radical (unpaired) electrons. The van der Waals surface area contributed by atoms with Gasteiger partial charge in [-0.15, -0.1) is 11.3 Å². The molecule has 1 unspecified atom stereocenters. The molecule has 0 fully saturated rings. The first-order valence-corrected chi connectivity index (χ1v) is 8.18. The summed E-state index contributed by atoms with van der Waals surface area (Å²) in [5, 5.41) is 6.18. The predicted molar refractivity (Wildman–Crippen MR) is 89.9 cm³/mol. The van der Waals surface area contributed by atoms with Crippen molar-refractivity contribution >= 4 is 34.0 Å². The fourth-order valence-electron chi connectivity index (χ4n) is 2.28. The van der Waals surface area contributed by atoms with E-state index >= 15 is 0 Å². The fraction of sp³-hybridized carbons (Fsp3) is 0.312. The van der Waals surface area contributed by atoms with Gasteiger partial charge in [0.2, 0.25) is 5.91 Å². The molecule has 0 aliphatic carbocycles. The molecule has 6 nitrogen and oxygen atoms in total. The Balaban J connectivity index is 1.92. The van der Waals surface area contributed by atoms with E-state index < -0.39 is 6.10 Å². The molecule has 2 heterocycles. The van der Waals surface area contributed by atoms with Gasteiger partial charge in [0.05, 0.1) is 11.4 Å². The topological polar surface area (TPSA) is 80.3 Å². The third-order valence-electron chi connectivity index (χ3n) is 3.55. The molecule has 0 saturated heterocycles. The maximum absolute atomic E-state index is 11.7. The highest BCUT2D eigenvalue weighted by atomic mass is 32.1. The summed E-state index contributed by atoms with van der Waals surface area (Å²) in [5.41, 5.74) is 2.29. The van der Waals surface area contributed by atoms with Crippen molar-refractivity contribution in [2.24, 2.45) is 0 Å². The number of carbonyl (C=O) groups excluding carboxylic acids is 2. The van der Waals surface area contributed by atoms with Crippen LogP contribution in [0.4, 0.5) is 10.8 Å². The fourth-order valence-corrected chi connectivity index (χ4v) is 3.13. The van der Waals surface area contributed by atoms with Crippen LogP contribution in [0.3, 0.4) is 0 Å². The Morgan fingerprint density at radius 3 is 3.00 bits per heavy atom. The lowest BCUT2D eigenvalue weighted by Crippen LogP contribution is -2.34. The number of fused-ring (bicyclic) bond motifs is 1. The van der Waals surface area contributed by atoms with Crippen LogP contribution in [-0.4, -0.2) is 22.9 Å². The summed E-state index contributed by atoms with van der Waals surface area (Å²) in [7, 11) is 0.